The maximum absolute atomic E-state index is 13.2. The minimum atomic E-state index is 0.0510. The minimum Gasteiger partial charge on any atom is -0.283 e. The first-order valence-corrected chi connectivity index (χ1v) is 10.2. The van der Waals surface area contributed by atoms with Crippen molar-refractivity contribution in [2.75, 3.05) is 0 Å². The van der Waals surface area contributed by atoms with Crippen LogP contribution in [0.15, 0.2) is 52.6 Å². The highest BCUT2D eigenvalue weighted by Gasteiger charge is 2.38. The number of nitrogens with zero attached hydrogens (tertiary/aromatic N) is 4. The predicted octanol–water partition coefficient (Wildman–Crippen LogP) is 4.72. The van der Waals surface area contributed by atoms with E-state index in [1.54, 1.807) is 12.4 Å². The number of rotatable bonds is 3. The van der Waals surface area contributed by atoms with E-state index in [1.807, 2.05) is 48.2 Å². The van der Waals surface area contributed by atoms with Gasteiger partial charge in [0, 0.05) is 24.1 Å². The molecule has 5 nitrogen and oxygen atoms in total. The fourth-order valence-corrected chi connectivity index (χ4v) is 4.57. The van der Waals surface area contributed by atoms with E-state index in [4.69, 9.17) is 4.99 Å². The molecule has 138 valence electrons. The first kappa shape index (κ1) is 17.9. The smallest absolute Gasteiger partial charge is 0.267 e. The van der Waals surface area contributed by atoms with Crippen LogP contribution in [-0.2, 0) is 4.79 Å². The SMILES string of the molecule is Cc1cccc(/N=C2/S/C(=C\c3ccncc3)C(=O)N2C2CCCCC2)n1. The van der Waals surface area contributed by atoms with Gasteiger partial charge in [0.2, 0.25) is 0 Å². The number of aromatic nitrogens is 2. The molecule has 1 saturated carbocycles. The highest BCUT2D eigenvalue weighted by molar-refractivity contribution is 8.18. The van der Waals surface area contributed by atoms with Crippen molar-refractivity contribution >= 4 is 34.7 Å². The molecule has 3 heterocycles. The van der Waals surface area contributed by atoms with Gasteiger partial charge < -0.3 is 0 Å². The third-order valence-corrected chi connectivity index (χ3v) is 5.85. The molecular formula is C21H22N4OS. The van der Waals surface area contributed by atoms with E-state index in [9.17, 15) is 4.79 Å². The van der Waals surface area contributed by atoms with Gasteiger partial charge in [-0.25, -0.2) is 9.98 Å². The number of carbonyl (C=O) groups is 1. The quantitative estimate of drug-likeness (QED) is 0.725. The fraction of sp³-hybridized carbons (Fsp3) is 0.333. The molecule has 6 heteroatoms. The number of pyridine rings is 2. The summed E-state index contributed by atoms with van der Waals surface area (Å²) in [6.45, 7) is 1.95. The van der Waals surface area contributed by atoms with Gasteiger partial charge in [-0.2, -0.15) is 0 Å². The lowest BCUT2D eigenvalue weighted by Gasteiger charge is -2.30. The molecule has 1 amide bonds. The van der Waals surface area contributed by atoms with E-state index in [2.05, 4.69) is 9.97 Å². The number of aryl methyl sites for hydroxylation is 1. The molecule has 1 aliphatic heterocycles. The van der Waals surface area contributed by atoms with Crippen molar-refractivity contribution in [3.8, 4) is 0 Å². The number of aliphatic imine (C=N–C) groups is 1. The molecule has 2 aromatic rings. The van der Waals surface area contributed by atoms with Crippen LogP contribution in [0.3, 0.4) is 0 Å². The Kier molecular flexibility index (Phi) is 5.34. The Labute approximate surface area is 163 Å². The zero-order valence-corrected chi connectivity index (χ0v) is 16.2. The van der Waals surface area contributed by atoms with E-state index in [0.717, 1.165) is 29.3 Å². The van der Waals surface area contributed by atoms with Crippen molar-refractivity contribution in [2.45, 2.75) is 45.1 Å². The summed E-state index contributed by atoms with van der Waals surface area (Å²) in [5.41, 5.74) is 1.89. The minimum absolute atomic E-state index is 0.0510. The Hall–Kier alpha value is -2.47. The Morgan fingerprint density at radius 1 is 1.15 bits per heavy atom. The predicted molar refractivity (Wildman–Crippen MR) is 110 cm³/mol. The van der Waals surface area contributed by atoms with Gasteiger partial charge in [0.1, 0.15) is 0 Å². The molecule has 0 N–H and O–H groups in total. The normalized spacial score (nSPS) is 21.4. The third kappa shape index (κ3) is 4.11. The highest BCUT2D eigenvalue weighted by Crippen LogP contribution is 2.38. The Bertz CT molecular complexity index is 888. The van der Waals surface area contributed by atoms with E-state index >= 15 is 0 Å². The van der Waals surface area contributed by atoms with Crippen molar-refractivity contribution in [3.63, 3.8) is 0 Å². The number of amides is 1. The Morgan fingerprint density at radius 3 is 2.67 bits per heavy atom. The Balaban J connectivity index is 1.70. The second kappa shape index (κ2) is 8.05. The van der Waals surface area contributed by atoms with Gasteiger partial charge in [-0.05, 0) is 67.4 Å². The zero-order chi connectivity index (χ0) is 18.6. The van der Waals surface area contributed by atoms with E-state index < -0.39 is 0 Å². The molecule has 1 aliphatic carbocycles. The van der Waals surface area contributed by atoms with E-state index in [1.165, 1.54) is 31.0 Å². The summed E-state index contributed by atoms with van der Waals surface area (Å²) in [6.07, 6.45) is 11.1. The lowest BCUT2D eigenvalue weighted by molar-refractivity contribution is -0.124. The molecule has 0 aromatic carbocycles. The van der Waals surface area contributed by atoms with Gasteiger partial charge in [-0.3, -0.25) is 14.7 Å². The van der Waals surface area contributed by atoms with Crippen LogP contribution in [0, 0.1) is 6.92 Å². The van der Waals surface area contributed by atoms with E-state index in [0.29, 0.717) is 10.7 Å². The van der Waals surface area contributed by atoms with Gasteiger partial charge in [-0.15, -0.1) is 0 Å². The number of amidine groups is 1. The summed E-state index contributed by atoms with van der Waals surface area (Å²) in [5.74, 6) is 0.700. The maximum atomic E-state index is 13.2. The molecule has 2 aliphatic rings. The lowest BCUT2D eigenvalue weighted by Crippen LogP contribution is -2.40. The molecule has 0 unspecified atom stereocenters. The van der Waals surface area contributed by atoms with Crippen LogP contribution < -0.4 is 0 Å². The zero-order valence-electron chi connectivity index (χ0n) is 15.3. The van der Waals surface area contributed by atoms with Gasteiger partial charge in [0.05, 0.1) is 4.91 Å². The first-order chi connectivity index (χ1) is 13.2. The van der Waals surface area contributed by atoms with Gasteiger partial charge in [0.15, 0.2) is 11.0 Å². The number of thioether (sulfide) groups is 1. The first-order valence-electron chi connectivity index (χ1n) is 9.36. The number of hydrogen-bond acceptors (Lipinski definition) is 5. The molecule has 0 atom stereocenters. The molecule has 0 spiro atoms. The van der Waals surface area contributed by atoms with Crippen molar-refractivity contribution in [3.05, 3.63) is 58.9 Å². The highest BCUT2D eigenvalue weighted by atomic mass is 32.2. The average molecular weight is 379 g/mol. The topological polar surface area (TPSA) is 58.5 Å². The maximum Gasteiger partial charge on any atom is 0.267 e. The fourth-order valence-electron chi connectivity index (χ4n) is 3.53. The van der Waals surface area contributed by atoms with Crippen LogP contribution in [0.4, 0.5) is 5.82 Å². The number of carbonyl (C=O) groups excluding carboxylic acids is 1. The van der Waals surface area contributed by atoms with Crippen LogP contribution in [0.25, 0.3) is 6.08 Å². The largest absolute Gasteiger partial charge is 0.283 e. The van der Waals surface area contributed by atoms with Crippen LogP contribution in [0.5, 0.6) is 0 Å². The third-order valence-electron chi connectivity index (χ3n) is 4.86. The standard InChI is InChI=1S/C21H22N4OS/c1-15-6-5-9-19(23-15)24-21-25(17-7-3-2-4-8-17)20(26)18(27-21)14-16-10-12-22-13-11-16/h5-6,9-14,17H,2-4,7-8H2,1H3/b18-14-,24-21+. The average Bonchev–Trinajstić information content (AvgIpc) is 2.98. The van der Waals surface area contributed by atoms with Crippen LogP contribution >= 0.6 is 11.8 Å². The van der Waals surface area contributed by atoms with Crippen molar-refractivity contribution in [1.82, 2.24) is 14.9 Å². The monoisotopic (exact) mass is 378 g/mol. The molecule has 1 saturated heterocycles. The summed E-state index contributed by atoms with van der Waals surface area (Å²) in [5, 5.41) is 0.741. The molecule has 2 aromatic heterocycles. The van der Waals surface area contributed by atoms with Gasteiger partial charge in [0.25, 0.3) is 5.91 Å². The summed E-state index contributed by atoms with van der Waals surface area (Å²) in [7, 11) is 0. The summed E-state index contributed by atoms with van der Waals surface area (Å²) in [6, 6.07) is 9.82. The summed E-state index contributed by atoms with van der Waals surface area (Å²) >= 11 is 1.44. The molecule has 2 fully saturated rings. The van der Waals surface area contributed by atoms with Crippen LogP contribution in [-0.4, -0.2) is 32.0 Å². The van der Waals surface area contributed by atoms with E-state index in [-0.39, 0.29) is 11.9 Å². The summed E-state index contributed by atoms with van der Waals surface area (Å²) < 4.78 is 0. The second-order valence-electron chi connectivity index (χ2n) is 6.89. The van der Waals surface area contributed by atoms with Crippen LogP contribution in [0.2, 0.25) is 0 Å². The molecule has 0 radical (unpaired) electrons. The second-order valence-corrected chi connectivity index (χ2v) is 7.90. The molecule has 0 bridgehead atoms. The van der Waals surface area contributed by atoms with Gasteiger partial charge in [-0.1, -0.05) is 25.3 Å². The van der Waals surface area contributed by atoms with Gasteiger partial charge >= 0.3 is 0 Å². The molecule has 27 heavy (non-hydrogen) atoms. The lowest BCUT2D eigenvalue weighted by atomic mass is 9.94. The number of hydrogen-bond donors (Lipinski definition) is 0. The van der Waals surface area contributed by atoms with Crippen molar-refractivity contribution in [1.29, 1.82) is 0 Å². The Morgan fingerprint density at radius 2 is 1.93 bits per heavy atom. The van der Waals surface area contributed by atoms with Crippen molar-refractivity contribution < 1.29 is 4.79 Å². The molecular weight excluding hydrogens is 356 g/mol. The summed E-state index contributed by atoms with van der Waals surface area (Å²) in [4.78, 5) is 29.1. The van der Waals surface area contributed by atoms with Crippen molar-refractivity contribution in [2.24, 2.45) is 4.99 Å². The van der Waals surface area contributed by atoms with Crippen LogP contribution in [0.1, 0.15) is 43.4 Å². The molecule has 4 rings (SSSR count).